The fourth-order valence-electron chi connectivity index (χ4n) is 1.11. The van der Waals surface area contributed by atoms with Gasteiger partial charge < -0.3 is 10.8 Å². The molecule has 0 saturated heterocycles. The van der Waals surface area contributed by atoms with Crippen molar-refractivity contribution in [3.8, 4) is 0 Å². The Hall–Kier alpha value is -1.49. The van der Waals surface area contributed by atoms with Gasteiger partial charge in [-0.25, -0.2) is 4.39 Å². The number of carbonyl (C=O) groups is 2. The van der Waals surface area contributed by atoms with E-state index in [2.05, 4.69) is 0 Å². The van der Waals surface area contributed by atoms with Crippen molar-refractivity contribution in [1.82, 2.24) is 0 Å². The summed E-state index contributed by atoms with van der Waals surface area (Å²) in [4.78, 5) is 21.1. The normalized spacial score (nSPS) is 20.9. The first-order valence-electron chi connectivity index (χ1n) is 4.03. The van der Waals surface area contributed by atoms with E-state index in [9.17, 15) is 14.0 Å². The summed E-state index contributed by atoms with van der Waals surface area (Å²) >= 11 is 0. The van der Waals surface area contributed by atoms with Gasteiger partial charge in [0.2, 0.25) is 0 Å². The minimum absolute atomic E-state index is 0.317. The highest BCUT2D eigenvalue weighted by molar-refractivity contribution is 6.00. The maximum Gasteiger partial charge on any atom is 0.320 e. The van der Waals surface area contributed by atoms with Crippen LogP contribution in [0.5, 0.6) is 0 Å². The monoisotopic (exact) mass is 199 g/mol. The first-order valence-corrected chi connectivity index (χ1v) is 4.03. The molecule has 4 nitrogen and oxygen atoms in total. The van der Waals surface area contributed by atoms with Gasteiger partial charge in [-0.1, -0.05) is 0 Å². The molecule has 0 fully saturated rings. The zero-order chi connectivity index (χ0) is 10.8. The largest absolute Gasteiger partial charge is 0.480 e. The van der Waals surface area contributed by atoms with Gasteiger partial charge >= 0.3 is 5.97 Å². The topological polar surface area (TPSA) is 80.4 Å². The number of nitrogens with two attached hydrogens (primary N) is 1. The van der Waals surface area contributed by atoms with Gasteiger partial charge in [-0.15, -0.1) is 0 Å². The van der Waals surface area contributed by atoms with Crippen LogP contribution in [0.4, 0.5) is 4.39 Å². The molecule has 1 aliphatic carbocycles. The Labute approximate surface area is 79.9 Å². The Morgan fingerprint density at radius 1 is 1.57 bits per heavy atom. The molecule has 0 aromatic carbocycles. The molecule has 0 amide bonds. The second-order valence-electron chi connectivity index (χ2n) is 3.14. The quantitative estimate of drug-likeness (QED) is 0.680. The Morgan fingerprint density at radius 2 is 2.07 bits per heavy atom. The van der Waals surface area contributed by atoms with Gasteiger partial charge in [0, 0.05) is 6.42 Å². The Morgan fingerprint density at radius 3 is 2.50 bits per heavy atom. The average Bonchev–Trinajstić information content (AvgIpc) is 2.10. The number of carboxylic acids is 1. The van der Waals surface area contributed by atoms with Crippen LogP contribution in [-0.4, -0.2) is 28.6 Å². The van der Waals surface area contributed by atoms with Crippen molar-refractivity contribution >= 4 is 11.8 Å². The molecule has 0 spiro atoms. The van der Waals surface area contributed by atoms with Crippen molar-refractivity contribution in [1.29, 1.82) is 0 Å². The van der Waals surface area contributed by atoms with E-state index in [1.807, 2.05) is 0 Å². The van der Waals surface area contributed by atoms with Crippen molar-refractivity contribution in [2.24, 2.45) is 5.73 Å². The fraction of sp³-hybridized carbons (Fsp3) is 0.333. The Bertz CT molecular complexity index is 306. The fourth-order valence-corrected chi connectivity index (χ4v) is 1.11. The summed E-state index contributed by atoms with van der Waals surface area (Å²) in [6, 6.07) is -1.28. The van der Waals surface area contributed by atoms with E-state index in [-0.39, 0.29) is 12.2 Å². The number of carbonyl (C=O) groups excluding carboxylic acids is 1. The van der Waals surface area contributed by atoms with Crippen molar-refractivity contribution < 1.29 is 19.1 Å². The standard InChI is InChI=1S/C9H10FNO3/c10-9(5-7(11)8(13)14)3-1-6(12)2-4-9/h1-4,7H,5,11H2,(H,13,14)/t7-/m0/s1. The number of carboxylic acid groups (broad SMARTS) is 1. The maximum absolute atomic E-state index is 13.7. The van der Waals surface area contributed by atoms with E-state index in [1.54, 1.807) is 0 Å². The SMILES string of the molecule is N[C@@H](CC1(F)C=CC(=O)C=C1)C(=O)O. The molecule has 0 aromatic heterocycles. The molecule has 0 unspecified atom stereocenters. The van der Waals surface area contributed by atoms with Crippen LogP contribution in [0.1, 0.15) is 6.42 Å². The summed E-state index contributed by atoms with van der Waals surface area (Å²) in [5.41, 5.74) is 3.25. The summed E-state index contributed by atoms with van der Waals surface area (Å²) < 4.78 is 13.7. The predicted octanol–water partition coefficient (Wildman–Crippen LogP) is 0.192. The number of rotatable bonds is 3. The number of allylic oxidation sites excluding steroid dienone is 4. The highest BCUT2D eigenvalue weighted by Gasteiger charge is 2.30. The average molecular weight is 199 g/mol. The smallest absolute Gasteiger partial charge is 0.320 e. The molecule has 1 rings (SSSR count). The first-order chi connectivity index (χ1) is 6.43. The van der Waals surface area contributed by atoms with Crippen LogP contribution in [0.25, 0.3) is 0 Å². The van der Waals surface area contributed by atoms with E-state index in [0.717, 1.165) is 24.3 Å². The summed E-state index contributed by atoms with van der Waals surface area (Å²) in [5.74, 6) is -1.58. The maximum atomic E-state index is 13.7. The van der Waals surface area contributed by atoms with Gasteiger partial charge in [0.15, 0.2) is 5.78 Å². The number of ketones is 1. The van der Waals surface area contributed by atoms with Gasteiger partial charge in [0.1, 0.15) is 11.7 Å². The molecule has 1 aliphatic rings. The van der Waals surface area contributed by atoms with E-state index in [1.165, 1.54) is 0 Å². The number of hydrogen-bond donors (Lipinski definition) is 2. The Balaban J connectivity index is 2.69. The summed E-state index contributed by atoms with van der Waals surface area (Å²) in [6.45, 7) is 0. The third-order valence-corrected chi connectivity index (χ3v) is 1.90. The van der Waals surface area contributed by atoms with Crippen molar-refractivity contribution in [2.45, 2.75) is 18.1 Å². The van der Waals surface area contributed by atoms with Crippen LogP contribution in [0.3, 0.4) is 0 Å². The van der Waals surface area contributed by atoms with Gasteiger partial charge in [-0.3, -0.25) is 9.59 Å². The molecule has 76 valence electrons. The molecule has 0 aliphatic heterocycles. The van der Waals surface area contributed by atoms with E-state index in [4.69, 9.17) is 10.8 Å². The molecular formula is C9H10FNO3. The molecule has 14 heavy (non-hydrogen) atoms. The molecular weight excluding hydrogens is 189 g/mol. The summed E-state index contributed by atoms with van der Waals surface area (Å²) in [6.07, 6.45) is 3.81. The van der Waals surface area contributed by atoms with Crippen molar-refractivity contribution in [3.63, 3.8) is 0 Å². The molecule has 1 atom stereocenters. The van der Waals surface area contributed by atoms with Gasteiger partial charge in [0.05, 0.1) is 0 Å². The molecule has 0 bridgehead atoms. The predicted molar refractivity (Wildman–Crippen MR) is 47.4 cm³/mol. The number of alkyl halides is 1. The van der Waals surface area contributed by atoms with Crippen LogP contribution in [0.15, 0.2) is 24.3 Å². The van der Waals surface area contributed by atoms with Crippen molar-refractivity contribution in [2.75, 3.05) is 0 Å². The minimum atomic E-state index is -1.92. The van der Waals surface area contributed by atoms with E-state index < -0.39 is 17.7 Å². The lowest BCUT2D eigenvalue weighted by Crippen LogP contribution is -2.37. The molecule has 3 N–H and O–H groups in total. The highest BCUT2D eigenvalue weighted by atomic mass is 19.1. The second kappa shape index (κ2) is 3.71. The first kappa shape index (κ1) is 10.6. The second-order valence-corrected chi connectivity index (χ2v) is 3.14. The van der Waals surface area contributed by atoms with Crippen LogP contribution >= 0.6 is 0 Å². The van der Waals surface area contributed by atoms with E-state index in [0.29, 0.717) is 0 Å². The van der Waals surface area contributed by atoms with E-state index >= 15 is 0 Å². The number of hydrogen-bond acceptors (Lipinski definition) is 3. The zero-order valence-electron chi connectivity index (χ0n) is 7.31. The lowest BCUT2D eigenvalue weighted by Gasteiger charge is -2.21. The van der Waals surface area contributed by atoms with Gasteiger partial charge in [-0.05, 0) is 24.3 Å². The van der Waals surface area contributed by atoms with Crippen LogP contribution in [-0.2, 0) is 9.59 Å². The number of aliphatic carboxylic acids is 1. The van der Waals surface area contributed by atoms with Crippen LogP contribution in [0.2, 0.25) is 0 Å². The zero-order valence-corrected chi connectivity index (χ0v) is 7.31. The Kier molecular flexibility index (Phi) is 2.81. The van der Waals surface area contributed by atoms with Crippen molar-refractivity contribution in [3.05, 3.63) is 24.3 Å². The van der Waals surface area contributed by atoms with Crippen LogP contribution in [0, 0.1) is 0 Å². The lowest BCUT2D eigenvalue weighted by atomic mass is 9.92. The third kappa shape index (κ3) is 2.50. The molecule has 0 heterocycles. The molecule has 5 heteroatoms. The highest BCUT2D eigenvalue weighted by Crippen LogP contribution is 2.24. The molecule has 0 aromatic rings. The van der Waals surface area contributed by atoms with Gasteiger partial charge in [0.25, 0.3) is 0 Å². The lowest BCUT2D eigenvalue weighted by molar-refractivity contribution is -0.139. The minimum Gasteiger partial charge on any atom is -0.480 e. The molecule has 0 saturated carbocycles. The number of halogens is 1. The van der Waals surface area contributed by atoms with Gasteiger partial charge in [-0.2, -0.15) is 0 Å². The van der Waals surface area contributed by atoms with Crippen LogP contribution < -0.4 is 5.73 Å². The third-order valence-electron chi connectivity index (χ3n) is 1.90. The molecule has 0 radical (unpaired) electrons. The summed E-state index contributed by atoms with van der Waals surface area (Å²) in [7, 11) is 0. The summed E-state index contributed by atoms with van der Waals surface area (Å²) in [5, 5.41) is 8.47.